The van der Waals surface area contributed by atoms with Crippen molar-refractivity contribution in [2.24, 2.45) is 5.73 Å². The van der Waals surface area contributed by atoms with Gasteiger partial charge in [-0.25, -0.2) is 0 Å². The highest BCUT2D eigenvalue weighted by Gasteiger charge is 2.12. The van der Waals surface area contributed by atoms with E-state index in [4.69, 9.17) is 18.0 Å². The van der Waals surface area contributed by atoms with E-state index >= 15 is 0 Å². The zero-order valence-electron chi connectivity index (χ0n) is 10.8. The Kier molecular flexibility index (Phi) is 4.52. The molecule has 0 atom stereocenters. The topological polar surface area (TPSA) is 55.1 Å². The summed E-state index contributed by atoms with van der Waals surface area (Å²) in [5.74, 6) is -0.178. The molecule has 0 aliphatic carbocycles. The minimum atomic E-state index is -0.178. The van der Waals surface area contributed by atoms with E-state index in [2.05, 4.69) is 21.2 Å². The van der Waals surface area contributed by atoms with E-state index in [0.717, 1.165) is 10.0 Å². The third-order valence-electron chi connectivity index (χ3n) is 2.88. The Labute approximate surface area is 131 Å². The van der Waals surface area contributed by atoms with Gasteiger partial charge in [-0.2, -0.15) is 0 Å². The lowest BCUT2D eigenvalue weighted by atomic mass is 10.1. The summed E-state index contributed by atoms with van der Waals surface area (Å²) in [6, 6.07) is 12.8. The molecule has 0 bridgehead atoms. The van der Waals surface area contributed by atoms with Crippen molar-refractivity contribution >= 4 is 44.7 Å². The van der Waals surface area contributed by atoms with Gasteiger partial charge in [-0.3, -0.25) is 4.79 Å². The molecule has 2 aromatic rings. The van der Waals surface area contributed by atoms with E-state index in [0.29, 0.717) is 16.8 Å². The Morgan fingerprint density at radius 3 is 2.55 bits per heavy atom. The van der Waals surface area contributed by atoms with Crippen molar-refractivity contribution in [2.75, 3.05) is 5.32 Å². The van der Waals surface area contributed by atoms with Crippen LogP contribution in [0.25, 0.3) is 0 Å². The first-order valence-corrected chi connectivity index (χ1v) is 7.15. The second kappa shape index (κ2) is 6.15. The van der Waals surface area contributed by atoms with E-state index in [9.17, 15) is 4.79 Å². The Balaban J connectivity index is 2.33. The van der Waals surface area contributed by atoms with Crippen LogP contribution in [0.15, 0.2) is 46.9 Å². The van der Waals surface area contributed by atoms with E-state index in [1.54, 1.807) is 18.2 Å². The summed E-state index contributed by atoms with van der Waals surface area (Å²) >= 11 is 8.37. The maximum Gasteiger partial charge on any atom is 0.255 e. The zero-order valence-corrected chi connectivity index (χ0v) is 13.2. The van der Waals surface area contributed by atoms with Crippen molar-refractivity contribution in [1.82, 2.24) is 0 Å². The van der Waals surface area contributed by atoms with Crippen molar-refractivity contribution in [3.05, 3.63) is 63.6 Å². The lowest BCUT2D eigenvalue weighted by Gasteiger charge is -2.11. The first-order valence-electron chi connectivity index (χ1n) is 5.95. The summed E-state index contributed by atoms with van der Waals surface area (Å²) in [5, 5.41) is 2.85. The first kappa shape index (κ1) is 14.7. The number of halogens is 1. The predicted octanol–water partition coefficient (Wildman–Crippen LogP) is 3.64. The zero-order chi connectivity index (χ0) is 14.7. The van der Waals surface area contributed by atoms with Crippen LogP contribution in [0.4, 0.5) is 5.69 Å². The number of nitrogens with one attached hydrogen (secondary N) is 1. The number of aryl methyl sites for hydroxylation is 1. The summed E-state index contributed by atoms with van der Waals surface area (Å²) in [7, 11) is 0. The number of hydrogen-bond acceptors (Lipinski definition) is 2. The Morgan fingerprint density at radius 2 is 1.90 bits per heavy atom. The summed E-state index contributed by atoms with van der Waals surface area (Å²) in [6.45, 7) is 1.89. The monoisotopic (exact) mass is 348 g/mol. The molecule has 0 aliphatic rings. The van der Waals surface area contributed by atoms with Gasteiger partial charge in [-0.15, -0.1) is 0 Å². The van der Waals surface area contributed by atoms with Crippen LogP contribution in [0.1, 0.15) is 21.5 Å². The highest BCUT2D eigenvalue weighted by atomic mass is 79.9. The van der Waals surface area contributed by atoms with Crippen LogP contribution >= 0.6 is 28.1 Å². The molecule has 0 heterocycles. The van der Waals surface area contributed by atoms with Gasteiger partial charge in [0.15, 0.2) is 0 Å². The molecule has 0 fully saturated rings. The molecule has 1 amide bonds. The van der Waals surface area contributed by atoms with Gasteiger partial charge < -0.3 is 11.1 Å². The Bertz CT molecular complexity index is 685. The molecule has 0 aromatic heterocycles. The van der Waals surface area contributed by atoms with Gasteiger partial charge >= 0.3 is 0 Å². The average molecular weight is 349 g/mol. The molecule has 0 radical (unpaired) electrons. The molecule has 0 saturated heterocycles. The standard InChI is InChI=1S/C15H13BrN2OS/c1-9-4-2-3-5-11(9)15(19)18-13-7-6-10(16)8-12(13)14(17)20/h2-8H,1H3,(H2,17,20)(H,18,19). The number of benzene rings is 2. The van der Waals surface area contributed by atoms with Crippen LogP contribution < -0.4 is 11.1 Å². The van der Waals surface area contributed by atoms with E-state index in [-0.39, 0.29) is 10.9 Å². The third kappa shape index (κ3) is 3.23. The Morgan fingerprint density at radius 1 is 1.20 bits per heavy atom. The smallest absolute Gasteiger partial charge is 0.255 e. The highest BCUT2D eigenvalue weighted by molar-refractivity contribution is 9.10. The molecule has 20 heavy (non-hydrogen) atoms. The molecule has 0 unspecified atom stereocenters. The average Bonchev–Trinajstić information content (AvgIpc) is 2.41. The quantitative estimate of drug-likeness (QED) is 0.832. The number of nitrogens with two attached hydrogens (primary N) is 1. The molecule has 102 valence electrons. The molecule has 3 N–H and O–H groups in total. The van der Waals surface area contributed by atoms with Gasteiger partial charge in [0, 0.05) is 15.6 Å². The van der Waals surface area contributed by atoms with E-state index in [1.807, 2.05) is 31.2 Å². The fourth-order valence-corrected chi connectivity index (χ4v) is 2.38. The molecule has 0 aliphatic heterocycles. The minimum absolute atomic E-state index is 0.178. The van der Waals surface area contributed by atoms with Crippen molar-refractivity contribution in [3.63, 3.8) is 0 Å². The molecule has 0 saturated carbocycles. The van der Waals surface area contributed by atoms with Gasteiger partial charge in [-0.05, 0) is 36.8 Å². The van der Waals surface area contributed by atoms with E-state index < -0.39 is 0 Å². The number of anilines is 1. The number of amides is 1. The Hall–Kier alpha value is -1.72. The van der Waals surface area contributed by atoms with Crippen molar-refractivity contribution in [1.29, 1.82) is 0 Å². The molecule has 5 heteroatoms. The maximum atomic E-state index is 12.3. The second-order valence-corrected chi connectivity index (χ2v) is 5.68. The molecule has 0 spiro atoms. The van der Waals surface area contributed by atoms with Gasteiger partial charge in [0.25, 0.3) is 5.91 Å². The largest absolute Gasteiger partial charge is 0.389 e. The number of thiocarbonyl (C=S) groups is 1. The lowest BCUT2D eigenvalue weighted by Crippen LogP contribution is -2.18. The maximum absolute atomic E-state index is 12.3. The molecule has 2 aromatic carbocycles. The third-order valence-corrected chi connectivity index (χ3v) is 3.60. The molecular weight excluding hydrogens is 336 g/mol. The second-order valence-electron chi connectivity index (χ2n) is 4.32. The minimum Gasteiger partial charge on any atom is -0.389 e. The summed E-state index contributed by atoms with van der Waals surface area (Å²) < 4.78 is 0.856. The van der Waals surface area contributed by atoms with Crippen LogP contribution in [0.2, 0.25) is 0 Å². The summed E-state index contributed by atoms with van der Waals surface area (Å²) in [5.41, 5.74) is 8.47. The van der Waals surface area contributed by atoms with Crippen LogP contribution in [0, 0.1) is 6.92 Å². The van der Waals surface area contributed by atoms with Crippen molar-refractivity contribution in [2.45, 2.75) is 6.92 Å². The van der Waals surface area contributed by atoms with Gasteiger partial charge in [0.2, 0.25) is 0 Å². The lowest BCUT2D eigenvalue weighted by molar-refractivity contribution is 0.102. The van der Waals surface area contributed by atoms with Crippen molar-refractivity contribution in [3.8, 4) is 0 Å². The normalized spacial score (nSPS) is 10.1. The summed E-state index contributed by atoms with van der Waals surface area (Å²) in [6.07, 6.45) is 0. The van der Waals surface area contributed by atoms with Gasteiger partial charge in [0.1, 0.15) is 4.99 Å². The molecule has 2 rings (SSSR count). The number of carbonyl (C=O) groups excluding carboxylic acids is 1. The summed E-state index contributed by atoms with van der Waals surface area (Å²) in [4.78, 5) is 12.5. The van der Waals surface area contributed by atoms with Crippen LogP contribution in [0.5, 0.6) is 0 Å². The van der Waals surface area contributed by atoms with Gasteiger partial charge in [-0.1, -0.05) is 46.3 Å². The van der Waals surface area contributed by atoms with Crippen LogP contribution in [-0.2, 0) is 0 Å². The molecular formula is C15H13BrN2OS. The van der Waals surface area contributed by atoms with Crippen molar-refractivity contribution < 1.29 is 4.79 Å². The fraction of sp³-hybridized carbons (Fsp3) is 0.0667. The number of hydrogen-bond donors (Lipinski definition) is 2. The number of rotatable bonds is 3. The predicted molar refractivity (Wildman–Crippen MR) is 89.2 cm³/mol. The first-order chi connectivity index (χ1) is 9.49. The SMILES string of the molecule is Cc1ccccc1C(=O)Nc1ccc(Br)cc1C(N)=S. The van der Waals surface area contributed by atoms with Gasteiger partial charge in [0.05, 0.1) is 5.69 Å². The fourth-order valence-electron chi connectivity index (χ4n) is 1.85. The van der Waals surface area contributed by atoms with Crippen LogP contribution in [-0.4, -0.2) is 10.9 Å². The molecule has 3 nitrogen and oxygen atoms in total. The number of carbonyl (C=O) groups is 1. The highest BCUT2D eigenvalue weighted by Crippen LogP contribution is 2.22. The van der Waals surface area contributed by atoms with Crippen LogP contribution in [0.3, 0.4) is 0 Å². The van der Waals surface area contributed by atoms with E-state index in [1.165, 1.54) is 0 Å².